The SMILES string of the molecule is OC1(Cc2cc3c(c(Cl)c2F)OCCCO3)CC1. The van der Waals surface area contributed by atoms with Crippen LogP contribution in [0.4, 0.5) is 4.39 Å². The van der Waals surface area contributed by atoms with Gasteiger partial charge in [0.25, 0.3) is 0 Å². The second kappa shape index (κ2) is 4.28. The second-order valence-electron chi connectivity index (χ2n) is 4.94. The topological polar surface area (TPSA) is 38.7 Å². The summed E-state index contributed by atoms with van der Waals surface area (Å²) >= 11 is 5.98. The number of benzene rings is 1. The van der Waals surface area contributed by atoms with Gasteiger partial charge in [0.15, 0.2) is 11.5 Å². The molecule has 0 atom stereocenters. The lowest BCUT2D eigenvalue weighted by atomic mass is 10.0. The molecule has 0 radical (unpaired) electrons. The summed E-state index contributed by atoms with van der Waals surface area (Å²) in [5, 5.41) is 9.83. The highest BCUT2D eigenvalue weighted by molar-refractivity contribution is 6.32. The first kappa shape index (κ1) is 12.1. The lowest BCUT2D eigenvalue weighted by molar-refractivity contribution is 0.149. The fourth-order valence-electron chi connectivity index (χ4n) is 2.10. The highest BCUT2D eigenvalue weighted by Gasteiger charge is 2.41. The van der Waals surface area contributed by atoms with Crippen molar-refractivity contribution in [2.24, 2.45) is 0 Å². The summed E-state index contributed by atoms with van der Waals surface area (Å²) < 4.78 is 25.0. The van der Waals surface area contributed by atoms with Gasteiger partial charge in [0, 0.05) is 12.8 Å². The summed E-state index contributed by atoms with van der Waals surface area (Å²) in [7, 11) is 0. The van der Waals surface area contributed by atoms with Gasteiger partial charge in [-0.05, 0) is 24.5 Å². The highest BCUT2D eigenvalue weighted by atomic mass is 35.5. The quantitative estimate of drug-likeness (QED) is 0.900. The Labute approximate surface area is 109 Å². The predicted octanol–water partition coefficient (Wildman–Crippen LogP) is 2.71. The fourth-order valence-corrected chi connectivity index (χ4v) is 2.37. The first-order valence-electron chi connectivity index (χ1n) is 6.08. The molecule has 3 nitrogen and oxygen atoms in total. The Hall–Kier alpha value is -1.00. The Kier molecular flexibility index (Phi) is 2.87. The van der Waals surface area contributed by atoms with Crippen LogP contribution in [0, 0.1) is 5.82 Å². The van der Waals surface area contributed by atoms with Crippen molar-refractivity contribution in [3.63, 3.8) is 0 Å². The molecule has 18 heavy (non-hydrogen) atoms. The van der Waals surface area contributed by atoms with Gasteiger partial charge in [-0.25, -0.2) is 4.39 Å². The minimum absolute atomic E-state index is 0.0475. The first-order valence-corrected chi connectivity index (χ1v) is 6.46. The molecule has 5 heteroatoms. The summed E-state index contributed by atoms with van der Waals surface area (Å²) in [6, 6.07) is 1.60. The maximum atomic E-state index is 14.1. The molecule has 1 aliphatic heterocycles. The smallest absolute Gasteiger partial charge is 0.182 e. The maximum absolute atomic E-state index is 14.1. The Balaban J connectivity index is 2.00. The Morgan fingerprint density at radius 1 is 1.33 bits per heavy atom. The van der Waals surface area contributed by atoms with Crippen LogP contribution in [0.3, 0.4) is 0 Å². The summed E-state index contributed by atoms with van der Waals surface area (Å²) in [4.78, 5) is 0. The van der Waals surface area contributed by atoms with Crippen LogP contribution in [-0.2, 0) is 6.42 Å². The fraction of sp³-hybridized carbons (Fsp3) is 0.538. The predicted molar refractivity (Wildman–Crippen MR) is 64.9 cm³/mol. The van der Waals surface area contributed by atoms with E-state index in [-0.39, 0.29) is 17.2 Å². The van der Waals surface area contributed by atoms with Crippen molar-refractivity contribution < 1.29 is 19.0 Å². The zero-order valence-corrected chi connectivity index (χ0v) is 10.6. The van der Waals surface area contributed by atoms with E-state index in [4.69, 9.17) is 21.1 Å². The largest absolute Gasteiger partial charge is 0.489 e. The van der Waals surface area contributed by atoms with Crippen molar-refractivity contribution >= 4 is 11.6 Å². The average Bonchev–Trinajstić information content (AvgIpc) is 3.09. The van der Waals surface area contributed by atoms with Gasteiger partial charge in [0.05, 0.1) is 18.8 Å². The standard InChI is InChI=1S/C13H14ClFO3/c14-10-11(15)8(7-13(16)2-3-13)6-9-12(10)18-5-1-4-17-9/h6,16H,1-5,7H2. The van der Waals surface area contributed by atoms with Gasteiger partial charge in [-0.3, -0.25) is 0 Å². The van der Waals surface area contributed by atoms with Crippen molar-refractivity contribution in [3.05, 3.63) is 22.5 Å². The van der Waals surface area contributed by atoms with E-state index < -0.39 is 11.4 Å². The molecule has 1 fully saturated rings. The number of ether oxygens (including phenoxy) is 2. The molecule has 1 aromatic rings. The summed E-state index contributed by atoms with van der Waals surface area (Å²) in [6.07, 6.45) is 2.43. The van der Waals surface area contributed by atoms with Gasteiger partial charge in [0.1, 0.15) is 10.8 Å². The van der Waals surface area contributed by atoms with Crippen LogP contribution in [0.5, 0.6) is 11.5 Å². The number of hydrogen-bond acceptors (Lipinski definition) is 3. The van der Waals surface area contributed by atoms with Crippen LogP contribution in [0.25, 0.3) is 0 Å². The molecule has 0 unspecified atom stereocenters. The molecule has 3 rings (SSSR count). The molecule has 0 bridgehead atoms. The van der Waals surface area contributed by atoms with Gasteiger partial charge in [-0.1, -0.05) is 11.6 Å². The summed E-state index contributed by atoms with van der Waals surface area (Å²) in [6.45, 7) is 0.994. The van der Waals surface area contributed by atoms with Gasteiger partial charge in [-0.2, -0.15) is 0 Å². The molecule has 1 saturated carbocycles. The van der Waals surface area contributed by atoms with Crippen LogP contribution < -0.4 is 9.47 Å². The average molecular weight is 273 g/mol. The lowest BCUT2D eigenvalue weighted by Gasteiger charge is -2.14. The molecule has 1 aliphatic carbocycles. The van der Waals surface area contributed by atoms with Crippen molar-refractivity contribution in [2.75, 3.05) is 13.2 Å². The van der Waals surface area contributed by atoms with E-state index in [2.05, 4.69) is 0 Å². The minimum Gasteiger partial charge on any atom is -0.489 e. The van der Waals surface area contributed by atoms with E-state index in [1.165, 1.54) is 0 Å². The lowest BCUT2D eigenvalue weighted by Crippen LogP contribution is -2.12. The molecular weight excluding hydrogens is 259 g/mol. The molecule has 0 saturated heterocycles. The highest BCUT2D eigenvalue weighted by Crippen LogP contribution is 2.44. The summed E-state index contributed by atoms with van der Waals surface area (Å²) in [5.41, 5.74) is -0.367. The van der Waals surface area contributed by atoms with E-state index in [1.807, 2.05) is 0 Å². The van der Waals surface area contributed by atoms with E-state index in [9.17, 15) is 9.50 Å². The van der Waals surface area contributed by atoms with Gasteiger partial charge in [-0.15, -0.1) is 0 Å². The zero-order valence-electron chi connectivity index (χ0n) is 9.84. The van der Waals surface area contributed by atoms with Crippen LogP contribution in [0.15, 0.2) is 6.07 Å². The van der Waals surface area contributed by atoms with Gasteiger partial charge in [0.2, 0.25) is 0 Å². The maximum Gasteiger partial charge on any atom is 0.182 e. The number of halogens is 2. The zero-order chi connectivity index (χ0) is 12.8. The van der Waals surface area contributed by atoms with Gasteiger partial charge >= 0.3 is 0 Å². The van der Waals surface area contributed by atoms with E-state index >= 15 is 0 Å². The number of hydrogen-bond donors (Lipinski definition) is 1. The Morgan fingerprint density at radius 2 is 2.06 bits per heavy atom. The van der Waals surface area contributed by atoms with E-state index in [0.717, 1.165) is 6.42 Å². The van der Waals surface area contributed by atoms with Crippen molar-refractivity contribution in [1.82, 2.24) is 0 Å². The van der Waals surface area contributed by atoms with Crippen LogP contribution in [-0.4, -0.2) is 23.9 Å². The molecule has 0 aromatic heterocycles. The molecule has 0 amide bonds. The molecule has 1 N–H and O–H groups in total. The second-order valence-corrected chi connectivity index (χ2v) is 5.32. The molecule has 1 aromatic carbocycles. The van der Waals surface area contributed by atoms with E-state index in [0.29, 0.717) is 37.4 Å². The molecular formula is C13H14ClFO3. The molecule has 0 spiro atoms. The number of fused-ring (bicyclic) bond motifs is 1. The Morgan fingerprint density at radius 3 is 2.78 bits per heavy atom. The number of rotatable bonds is 2. The molecule has 1 heterocycles. The van der Waals surface area contributed by atoms with Crippen molar-refractivity contribution in [2.45, 2.75) is 31.3 Å². The van der Waals surface area contributed by atoms with E-state index in [1.54, 1.807) is 6.07 Å². The third kappa shape index (κ3) is 2.15. The monoisotopic (exact) mass is 272 g/mol. The first-order chi connectivity index (χ1) is 8.59. The number of aliphatic hydroxyl groups is 1. The third-order valence-electron chi connectivity index (χ3n) is 3.34. The molecule has 98 valence electrons. The summed E-state index contributed by atoms with van der Waals surface area (Å²) in [5.74, 6) is 0.234. The van der Waals surface area contributed by atoms with Crippen LogP contribution in [0.1, 0.15) is 24.8 Å². The molecule has 2 aliphatic rings. The van der Waals surface area contributed by atoms with Crippen LogP contribution in [0.2, 0.25) is 5.02 Å². The third-order valence-corrected chi connectivity index (χ3v) is 3.68. The Bertz CT molecular complexity index is 486. The van der Waals surface area contributed by atoms with Crippen molar-refractivity contribution in [1.29, 1.82) is 0 Å². The van der Waals surface area contributed by atoms with Gasteiger partial charge < -0.3 is 14.6 Å². The van der Waals surface area contributed by atoms with Crippen molar-refractivity contribution in [3.8, 4) is 11.5 Å². The van der Waals surface area contributed by atoms with Crippen LogP contribution >= 0.6 is 11.6 Å². The minimum atomic E-state index is -0.760. The normalized spacial score (nSPS) is 20.4.